The molecule has 0 saturated carbocycles. The molecular formula is C15H17N5O2S2. The maximum Gasteiger partial charge on any atom is 0.264 e. The van der Waals surface area contributed by atoms with E-state index in [9.17, 15) is 8.42 Å². The zero-order valence-corrected chi connectivity index (χ0v) is 14.5. The van der Waals surface area contributed by atoms with Crippen molar-refractivity contribution in [2.45, 2.75) is 30.3 Å². The Morgan fingerprint density at radius 1 is 1.42 bits per heavy atom. The van der Waals surface area contributed by atoms with Crippen LogP contribution in [0.25, 0.3) is 10.2 Å². The van der Waals surface area contributed by atoms with Crippen molar-refractivity contribution in [1.29, 1.82) is 0 Å². The minimum atomic E-state index is -3.70. The van der Waals surface area contributed by atoms with Crippen LogP contribution in [-0.4, -0.2) is 35.8 Å². The molecule has 1 fully saturated rings. The summed E-state index contributed by atoms with van der Waals surface area (Å²) in [7, 11) is -3.70. The fourth-order valence-electron chi connectivity index (χ4n) is 2.94. The molecule has 0 amide bonds. The lowest BCUT2D eigenvalue weighted by Crippen LogP contribution is -2.26. The summed E-state index contributed by atoms with van der Waals surface area (Å²) in [6.45, 7) is 1.77. The van der Waals surface area contributed by atoms with Crippen LogP contribution < -0.4 is 10.0 Å². The Balaban J connectivity index is 1.56. The maximum absolute atomic E-state index is 12.7. The first kappa shape index (κ1) is 15.6. The number of anilines is 1. The van der Waals surface area contributed by atoms with Gasteiger partial charge in [0.2, 0.25) is 0 Å². The second-order valence-corrected chi connectivity index (χ2v) is 8.34. The van der Waals surface area contributed by atoms with Crippen LogP contribution in [0.3, 0.4) is 0 Å². The highest BCUT2D eigenvalue weighted by atomic mass is 32.2. The van der Waals surface area contributed by atoms with Crippen molar-refractivity contribution < 1.29 is 8.42 Å². The molecule has 0 spiro atoms. The minimum Gasteiger partial charge on any atom is -0.312 e. The van der Waals surface area contributed by atoms with Gasteiger partial charge in [-0.3, -0.25) is 9.40 Å². The van der Waals surface area contributed by atoms with Gasteiger partial charge < -0.3 is 5.32 Å². The van der Waals surface area contributed by atoms with Crippen molar-refractivity contribution in [3.63, 3.8) is 0 Å². The molecule has 4 rings (SSSR count). The molecule has 126 valence electrons. The molecule has 0 aliphatic carbocycles. The zero-order valence-electron chi connectivity index (χ0n) is 12.8. The van der Waals surface area contributed by atoms with E-state index in [1.54, 1.807) is 28.5 Å². The molecule has 2 N–H and O–H groups in total. The van der Waals surface area contributed by atoms with E-state index in [1.165, 1.54) is 24.0 Å². The third-order valence-electron chi connectivity index (χ3n) is 4.07. The number of fused-ring (bicyclic) bond motifs is 1. The Bertz CT molecular complexity index is 957. The predicted octanol–water partition coefficient (Wildman–Crippen LogP) is 2.05. The summed E-state index contributed by atoms with van der Waals surface area (Å²) in [4.78, 5) is 4.36. The molecule has 1 aliphatic heterocycles. The number of sulfonamides is 1. The largest absolute Gasteiger partial charge is 0.312 e. The molecule has 24 heavy (non-hydrogen) atoms. The van der Waals surface area contributed by atoms with E-state index in [0.29, 0.717) is 17.2 Å². The van der Waals surface area contributed by atoms with Gasteiger partial charge in [0.15, 0.2) is 0 Å². The Labute approximate surface area is 143 Å². The van der Waals surface area contributed by atoms with E-state index in [4.69, 9.17) is 0 Å². The fourth-order valence-corrected chi connectivity index (χ4v) is 4.91. The molecule has 2 aromatic heterocycles. The van der Waals surface area contributed by atoms with Crippen molar-refractivity contribution in [2.24, 2.45) is 0 Å². The fraction of sp³-hybridized carbons (Fsp3) is 0.333. The van der Waals surface area contributed by atoms with Crippen LogP contribution in [0, 0.1) is 0 Å². The van der Waals surface area contributed by atoms with Gasteiger partial charge in [0.05, 0.1) is 28.6 Å². The third kappa shape index (κ3) is 3.02. The molecule has 3 heterocycles. The van der Waals surface area contributed by atoms with Gasteiger partial charge in [0.25, 0.3) is 10.0 Å². The van der Waals surface area contributed by atoms with Gasteiger partial charge in [-0.15, -0.1) is 11.3 Å². The molecule has 9 heteroatoms. The van der Waals surface area contributed by atoms with Gasteiger partial charge in [-0.25, -0.2) is 13.4 Å². The summed E-state index contributed by atoms with van der Waals surface area (Å²) in [6.07, 6.45) is 5.54. The quantitative estimate of drug-likeness (QED) is 0.724. The number of hydrogen-bond donors (Lipinski definition) is 2. The number of thiazole rings is 1. The number of nitrogens with zero attached hydrogens (tertiary/aromatic N) is 3. The highest BCUT2D eigenvalue weighted by molar-refractivity contribution is 7.93. The van der Waals surface area contributed by atoms with E-state index < -0.39 is 10.0 Å². The zero-order chi connectivity index (χ0) is 16.6. The monoisotopic (exact) mass is 363 g/mol. The Morgan fingerprint density at radius 3 is 3.17 bits per heavy atom. The van der Waals surface area contributed by atoms with Crippen molar-refractivity contribution in [3.8, 4) is 0 Å². The summed E-state index contributed by atoms with van der Waals surface area (Å²) in [5.74, 6) is 0. The standard InChI is InChI=1S/C15H17N5O2S2/c21-24(22,14-5-1-4-13-15(14)17-10-23-13)19-12-7-18-20(9-12)8-11-3-2-6-16-11/h1,4-5,7,9-11,16,19H,2-3,6,8H2. The summed E-state index contributed by atoms with van der Waals surface area (Å²) < 4.78 is 30.6. The molecule has 3 aromatic rings. The number of aromatic nitrogens is 3. The molecule has 1 saturated heterocycles. The molecule has 0 radical (unpaired) electrons. The van der Waals surface area contributed by atoms with Crippen LogP contribution in [0.5, 0.6) is 0 Å². The Hall–Kier alpha value is -1.97. The van der Waals surface area contributed by atoms with E-state index in [2.05, 4.69) is 20.1 Å². The lowest BCUT2D eigenvalue weighted by molar-refractivity contribution is 0.476. The van der Waals surface area contributed by atoms with E-state index in [0.717, 1.165) is 24.2 Å². The lowest BCUT2D eigenvalue weighted by Gasteiger charge is -2.09. The number of nitrogens with one attached hydrogen (secondary N) is 2. The Kier molecular flexibility index (Phi) is 3.99. The van der Waals surface area contributed by atoms with Crippen LogP contribution in [0.1, 0.15) is 12.8 Å². The number of para-hydroxylation sites is 1. The van der Waals surface area contributed by atoms with Crippen LogP contribution in [-0.2, 0) is 16.6 Å². The molecule has 0 bridgehead atoms. The van der Waals surface area contributed by atoms with E-state index in [1.807, 2.05) is 6.07 Å². The molecule has 1 aromatic carbocycles. The normalized spacial score (nSPS) is 18.2. The number of benzene rings is 1. The van der Waals surface area contributed by atoms with E-state index in [-0.39, 0.29) is 4.90 Å². The number of rotatable bonds is 5. The van der Waals surface area contributed by atoms with Gasteiger partial charge in [-0.1, -0.05) is 6.07 Å². The van der Waals surface area contributed by atoms with Crippen LogP contribution in [0.15, 0.2) is 41.0 Å². The molecule has 1 unspecified atom stereocenters. The highest BCUT2D eigenvalue weighted by Crippen LogP contribution is 2.26. The first-order valence-corrected chi connectivity index (χ1v) is 10.1. The SMILES string of the molecule is O=S(=O)(Nc1cnn(CC2CCCN2)c1)c1cccc2scnc12. The van der Waals surface area contributed by atoms with Gasteiger partial charge in [0.1, 0.15) is 10.4 Å². The summed E-state index contributed by atoms with van der Waals surface area (Å²) in [5.41, 5.74) is 2.61. The topological polar surface area (TPSA) is 88.9 Å². The van der Waals surface area contributed by atoms with Crippen LogP contribution in [0.4, 0.5) is 5.69 Å². The van der Waals surface area contributed by atoms with Crippen molar-refractivity contribution in [1.82, 2.24) is 20.1 Å². The average molecular weight is 363 g/mol. The van der Waals surface area contributed by atoms with Gasteiger partial charge in [-0.2, -0.15) is 5.10 Å². The van der Waals surface area contributed by atoms with Crippen LogP contribution in [0.2, 0.25) is 0 Å². The molecule has 1 aliphatic rings. The Morgan fingerprint density at radius 2 is 2.33 bits per heavy atom. The van der Waals surface area contributed by atoms with Crippen molar-refractivity contribution in [3.05, 3.63) is 36.1 Å². The summed E-state index contributed by atoms with van der Waals surface area (Å²) in [5, 5.41) is 7.64. The minimum absolute atomic E-state index is 0.187. The number of hydrogen-bond acceptors (Lipinski definition) is 6. The lowest BCUT2D eigenvalue weighted by atomic mass is 10.2. The summed E-state index contributed by atoms with van der Waals surface area (Å²) in [6, 6.07) is 5.55. The summed E-state index contributed by atoms with van der Waals surface area (Å²) >= 11 is 1.42. The average Bonchev–Trinajstić information content (AvgIpc) is 3.28. The van der Waals surface area contributed by atoms with E-state index >= 15 is 0 Å². The maximum atomic E-state index is 12.7. The second-order valence-electron chi connectivity index (χ2n) is 5.81. The van der Waals surface area contributed by atoms with Crippen molar-refractivity contribution in [2.75, 3.05) is 11.3 Å². The van der Waals surface area contributed by atoms with Gasteiger partial charge in [-0.05, 0) is 31.5 Å². The molecule has 7 nitrogen and oxygen atoms in total. The first-order valence-electron chi connectivity index (χ1n) is 7.73. The second kappa shape index (κ2) is 6.15. The molecule has 1 atom stereocenters. The van der Waals surface area contributed by atoms with Gasteiger partial charge in [0, 0.05) is 12.2 Å². The third-order valence-corrected chi connectivity index (χ3v) is 6.28. The van der Waals surface area contributed by atoms with Gasteiger partial charge >= 0.3 is 0 Å². The molecular weight excluding hydrogens is 346 g/mol. The van der Waals surface area contributed by atoms with Crippen molar-refractivity contribution >= 4 is 37.3 Å². The smallest absolute Gasteiger partial charge is 0.264 e. The first-order chi connectivity index (χ1) is 11.6. The van der Waals surface area contributed by atoms with Crippen LogP contribution >= 0.6 is 11.3 Å². The highest BCUT2D eigenvalue weighted by Gasteiger charge is 2.20. The predicted molar refractivity (Wildman–Crippen MR) is 93.7 cm³/mol.